The van der Waals surface area contributed by atoms with E-state index in [0.717, 1.165) is 25.0 Å². The van der Waals surface area contributed by atoms with E-state index in [-0.39, 0.29) is 29.5 Å². The van der Waals surface area contributed by atoms with Gasteiger partial charge in [0.1, 0.15) is 0 Å². The Morgan fingerprint density at radius 3 is 2.28 bits per heavy atom. The molecule has 148 valence electrons. The highest BCUT2D eigenvalue weighted by atomic mass is 127. The van der Waals surface area contributed by atoms with Gasteiger partial charge >= 0.3 is 0 Å². The first-order chi connectivity index (χ1) is 11.5. The summed E-state index contributed by atoms with van der Waals surface area (Å²) in [5.41, 5.74) is 0.187. The Bertz CT molecular complexity index is 385. The number of hydrogen-bond acceptors (Lipinski definition) is 3. The van der Waals surface area contributed by atoms with Crippen LogP contribution in [0.2, 0.25) is 0 Å². The Morgan fingerprint density at radius 2 is 1.68 bits per heavy atom. The van der Waals surface area contributed by atoms with Crippen molar-refractivity contribution in [2.24, 2.45) is 10.9 Å². The van der Waals surface area contributed by atoms with Crippen molar-refractivity contribution in [2.45, 2.75) is 57.9 Å². The second kappa shape index (κ2) is 11.6. The quantitative estimate of drug-likeness (QED) is 0.360. The largest absolute Gasteiger partial charge is 0.356 e. The smallest absolute Gasteiger partial charge is 0.191 e. The van der Waals surface area contributed by atoms with Crippen LogP contribution in [0.5, 0.6) is 0 Å². The minimum atomic E-state index is 0. The molecule has 0 amide bonds. The van der Waals surface area contributed by atoms with E-state index in [4.69, 9.17) is 0 Å². The Morgan fingerprint density at radius 1 is 1.04 bits per heavy atom. The van der Waals surface area contributed by atoms with E-state index in [2.05, 4.69) is 46.3 Å². The number of nitrogens with one attached hydrogen (secondary N) is 2. The van der Waals surface area contributed by atoms with Gasteiger partial charge in [-0.05, 0) is 85.1 Å². The SMILES string of the molecule is CN=C(NCCC1CCN(C)CC1)NCC(C)(C)N1CCCCC1.I. The van der Waals surface area contributed by atoms with Crippen molar-refractivity contribution in [1.82, 2.24) is 20.4 Å². The van der Waals surface area contributed by atoms with Crippen LogP contribution in [-0.2, 0) is 0 Å². The molecule has 6 heteroatoms. The lowest BCUT2D eigenvalue weighted by atomic mass is 9.94. The van der Waals surface area contributed by atoms with E-state index in [9.17, 15) is 0 Å². The fraction of sp³-hybridized carbons (Fsp3) is 0.947. The van der Waals surface area contributed by atoms with Crippen LogP contribution in [0, 0.1) is 5.92 Å². The highest BCUT2D eigenvalue weighted by Gasteiger charge is 2.27. The van der Waals surface area contributed by atoms with Crippen LogP contribution in [0.15, 0.2) is 4.99 Å². The van der Waals surface area contributed by atoms with Gasteiger partial charge in [-0.3, -0.25) is 9.89 Å². The van der Waals surface area contributed by atoms with Crippen molar-refractivity contribution >= 4 is 29.9 Å². The second-order valence-electron chi connectivity index (χ2n) is 8.25. The van der Waals surface area contributed by atoms with E-state index in [1.807, 2.05) is 7.05 Å². The second-order valence-corrected chi connectivity index (χ2v) is 8.25. The Balaban J connectivity index is 0.00000312. The predicted octanol–water partition coefficient (Wildman–Crippen LogP) is 2.77. The summed E-state index contributed by atoms with van der Waals surface area (Å²) in [5.74, 6) is 1.82. The molecule has 0 unspecified atom stereocenters. The highest BCUT2D eigenvalue weighted by molar-refractivity contribution is 14.0. The zero-order chi connectivity index (χ0) is 17.4. The molecule has 0 aromatic rings. The zero-order valence-electron chi connectivity index (χ0n) is 16.8. The molecule has 0 bridgehead atoms. The molecule has 0 aliphatic carbocycles. The summed E-state index contributed by atoms with van der Waals surface area (Å²) in [5, 5.41) is 7.05. The zero-order valence-corrected chi connectivity index (χ0v) is 19.1. The summed E-state index contributed by atoms with van der Waals surface area (Å²) < 4.78 is 0. The number of hydrogen-bond donors (Lipinski definition) is 2. The van der Waals surface area contributed by atoms with Crippen LogP contribution in [0.1, 0.15) is 52.4 Å². The molecule has 2 fully saturated rings. The average Bonchev–Trinajstić information content (AvgIpc) is 2.60. The first-order valence-electron chi connectivity index (χ1n) is 9.89. The molecule has 2 N–H and O–H groups in total. The van der Waals surface area contributed by atoms with Crippen LogP contribution in [0.25, 0.3) is 0 Å². The average molecular weight is 465 g/mol. The molecule has 2 aliphatic rings. The van der Waals surface area contributed by atoms with Crippen molar-refractivity contribution < 1.29 is 0 Å². The van der Waals surface area contributed by atoms with Gasteiger partial charge in [-0.15, -0.1) is 24.0 Å². The summed E-state index contributed by atoms with van der Waals surface area (Å²) >= 11 is 0. The number of piperidine rings is 2. The highest BCUT2D eigenvalue weighted by Crippen LogP contribution is 2.20. The maximum atomic E-state index is 4.40. The van der Waals surface area contributed by atoms with Crippen LogP contribution in [0.3, 0.4) is 0 Å². The molecule has 0 aromatic heterocycles. The van der Waals surface area contributed by atoms with E-state index < -0.39 is 0 Å². The summed E-state index contributed by atoms with van der Waals surface area (Å²) in [6.45, 7) is 11.6. The maximum Gasteiger partial charge on any atom is 0.191 e. The fourth-order valence-electron chi connectivity index (χ4n) is 3.88. The minimum absolute atomic E-state index is 0. The lowest BCUT2D eigenvalue weighted by Crippen LogP contribution is -2.55. The monoisotopic (exact) mass is 465 g/mol. The molecule has 0 spiro atoms. The number of rotatable bonds is 6. The lowest BCUT2D eigenvalue weighted by molar-refractivity contribution is 0.0982. The third-order valence-electron chi connectivity index (χ3n) is 5.81. The van der Waals surface area contributed by atoms with Crippen LogP contribution >= 0.6 is 24.0 Å². The van der Waals surface area contributed by atoms with Gasteiger partial charge in [-0.25, -0.2) is 0 Å². The van der Waals surface area contributed by atoms with Gasteiger partial charge in [0.15, 0.2) is 5.96 Å². The van der Waals surface area contributed by atoms with Crippen molar-refractivity contribution in [3.8, 4) is 0 Å². The normalized spacial score (nSPS) is 21.7. The van der Waals surface area contributed by atoms with Gasteiger partial charge in [0.25, 0.3) is 0 Å². The lowest BCUT2D eigenvalue weighted by Gasteiger charge is -2.41. The molecule has 0 radical (unpaired) electrons. The summed E-state index contributed by atoms with van der Waals surface area (Å²) in [7, 11) is 4.10. The van der Waals surface area contributed by atoms with Gasteiger partial charge < -0.3 is 15.5 Å². The minimum Gasteiger partial charge on any atom is -0.356 e. The Kier molecular flexibility index (Phi) is 10.6. The van der Waals surface area contributed by atoms with Crippen molar-refractivity contribution in [3.05, 3.63) is 0 Å². The van der Waals surface area contributed by atoms with Gasteiger partial charge in [0, 0.05) is 25.7 Å². The van der Waals surface area contributed by atoms with Crippen molar-refractivity contribution in [2.75, 3.05) is 53.4 Å². The summed E-state index contributed by atoms with van der Waals surface area (Å²) in [4.78, 5) is 9.46. The molecule has 2 heterocycles. The molecule has 2 saturated heterocycles. The van der Waals surface area contributed by atoms with Gasteiger partial charge in [-0.2, -0.15) is 0 Å². The molecule has 2 rings (SSSR count). The first-order valence-corrected chi connectivity index (χ1v) is 9.89. The molecule has 0 aromatic carbocycles. The van der Waals surface area contributed by atoms with Crippen molar-refractivity contribution in [1.29, 1.82) is 0 Å². The van der Waals surface area contributed by atoms with Gasteiger partial charge in [0.05, 0.1) is 0 Å². The van der Waals surface area contributed by atoms with E-state index in [1.54, 1.807) is 0 Å². The topological polar surface area (TPSA) is 42.9 Å². The van der Waals surface area contributed by atoms with Crippen LogP contribution < -0.4 is 10.6 Å². The van der Waals surface area contributed by atoms with Gasteiger partial charge in [0.2, 0.25) is 0 Å². The molecule has 0 atom stereocenters. The summed E-state index contributed by atoms with van der Waals surface area (Å²) in [6.07, 6.45) is 8.00. The molecular weight excluding hydrogens is 425 g/mol. The van der Waals surface area contributed by atoms with E-state index in [0.29, 0.717) is 0 Å². The van der Waals surface area contributed by atoms with Crippen LogP contribution in [-0.4, -0.2) is 74.7 Å². The van der Waals surface area contributed by atoms with E-state index >= 15 is 0 Å². The molecule has 25 heavy (non-hydrogen) atoms. The standard InChI is InChI=1S/C19H39N5.HI/c1-19(2,24-12-6-5-7-13-24)16-22-18(20-3)21-11-8-17-9-14-23(4)15-10-17;/h17H,5-16H2,1-4H3,(H2,20,21,22);1H. The summed E-state index contributed by atoms with van der Waals surface area (Å²) in [6, 6.07) is 0. The fourth-order valence-corrected chi connectivity index (χ4v) is 3.88. The third kappa shape index (κ3) is 7.99. The van der Waals surface area contributed by atoms with Crippen LogP contribution in [0.4, 0.5) is 0 Å². The maximum absolute atomic E-state index is 4.40. The number of aliphatic imine (C=N–C) groups is 1. The number of likely N-dealkylation sites (tertiary alicyclic amines) is 2. The third-order valence-corrected chi connectivity index (χ3v) is 5.81. The number of halogens is 1. The number of nitrogens with zero attached hydrogens (tertiary/aromatic N) is 3. The molecular formula is C19H40IN5. The molecule has 2 aliphatic heterocycles. The van der Waals surface area contributed by atoms with Gasteiger partial charge in [-0.1, -0.05) is 6.42 Å². The molecule has 5 nitrogen and oxygen atoms in total. The predicted molar refractivity (Wildman–Crippen MR) is 119 cm³/mol. The molecule has 0 saturated carbocycles. The van der Waals surface area contributed by atoms with E-state index in [1.165, 1.54) is 64.7 Å². The Labute approximate surface area is 172 Å². The number of guanidine groups is 1. The first kappa shape index (κ1) is 23.0. The Hall–Kier alpha value is -0.0800. The van der Waals surface area contributed by atoms with Crippen molar-refractivity contribution in [3.63, 3.8) is 0 Å².